The van der Waals surface area contributed by atoms with Crippen molar-refractivity contribution in [3.8, 4) is 11.4 Å². The van der Waals surface area contributed by atoms with Gasteiger partial charge in [0.15, 0.2) is 0 Å². The van der Waals surface area contributed by atoms with E-state index in [0.29, 0.717) is 0 Å². The van der Waals surface area contributed by atoms with Crippen molar-refractivity contribution in [2.24, 2.45) is 0 Å². The Morgan fingerprint density at radius 3 is 2.67 bits per heavy atom. The minimum Gasteiger partial charge on any atom is -0.398 e. The van der Waals surface area contributed by atoms with Gasteiger partial charge in [-0.05, 0) is 37.1 Å². The number of nitrogen functional groups attached to an aromatic ring is 1. The molecule has 4 heteroatoms. The Morgan fingerprint density at radius 1 is 1.19 bits per heavy atom. The van der Waals surface area contributed by atoms with E-state index in [4.69, 9.17) is 22.3 Å². The molecule has 0 aliphatic carbocycles. The number of anilines is 1. The molecule has 3 nitrogen and oxygen atoms in total. The van der Waals surface area contributed by atoms with Crippen LogP contribution in [0.1, 0.15) is 18.9 Å². The number of hydrogen-bond acceptors (Lipinski definition) is 2. The van der Waals surface area contributed by atoms with E-state index >= 15 is 0 Å². The first-order chi connectivity index (χ1) is 10.1. The third-order valence-electron chi connectivity index (χ3n) is 3.69. The van der Waals surface area contributed by atoms with Crippen molar-refractivity contribution >= 4 is 28.3 Å². The first-order valence-corrected chi connectivity index (χ1v) is 7.51. The van der Waals surface area contributed by atoms with Crippen LogP contribution in [0.2, 0.25) is 5.02 Å². The number of fused-ring (bicyclic) bond motifs is 1. The number of aryl methyl sites for hydroxylation is 2. The fourth-order valence-electron chi connectivity index (χ4n) is 2.77. The van der Waals surface area contributed by atoms with Crippen molar-refractivity contribution in [3.05, 3.63) is 47.0 Å². The normalized spacial score (nSPS) is 11.2. The number of halogens is 1. The van der Waals surface area contributed by atoms with Crippen molar-refractivity contribution in [3.63, 3.8) is 0 Å². The van der Waals surface area contributed by atoms with Crippen LogP contribution in [0.25, 0.3) is 22.4 Å². The van der Waals surface area contributed by atoms with Gasteiger partial charge in [-0.3, -0.25) is 0 Å². The first-order valence-electron chi connectivity index (χ1n) is 7.13. The molecule has 0 atom stereocenters. The maximum Gasteiger partial charge on any atom is 0.143 e. The molecule has 3 rings (SSSR count). The van der Waals surface area contributed by atoms with Crippen LogP contribution in [-0.4, -0.2) is 9.55 Å². The maximum atomic E-state index is 6.39. The molecule has 3 aromatic rings. The Hall–Kier alpha value is -2.00. The van der Waals surface area contributed by atoms with Gasteiger partial charge in [-0.25, -0.2) is 4.98 Å². The van der Waals surface area contributed by atoms with Crippen LogP contribution in [0.15, 0.2) is 36.4 Å². The van der Waals surface area contributed by atoms with Crippen LogP contribution in [0, 0.1) is 6.92 Å². The topological polar surface area (TPSA) is 43.8 Å². The third-order valence-corrected chi connectivity index (χ3v) is 4.00. The fraction of sp³-hybridized carbons (Fsp3) is 0.235. The molecule has 0 amide bonds. The van der Waals surface area contributed by atoms with Crippen molar-refractivity contribution in [2.45, 2.75) is 26.8 Å². The van der Waals surface area contributed by atoms with Crippen molar-refractivity contribution in [1.29, 1.82) is 0 Å². The molecule has 0 radical (unpaired) electrons. The molecule has 1 heterocycles. The summed E-state index contributed by atoms with van der Waals surface area (Å²) in [6.07, 6.45) is 1.01. The summed E-state index contributed by atoms with van der Waals surface area (Å²) in [6, 6.07) is 11.8. The van der Waals surface area contributed by atoms with Crippen molar-refractivity contribution in [1.82, 2.24) is 9.55 Å². The van der Waals surface area contributed by atoms with Crippen LogP contribution >= 0.6 is 11.6 Å². The Kier molecular flexibility index (Phi) is 3.60. The zero-order valence-corrected chi connectivity index (χ0v) is 13.0. The molecule has 108 valence electrons. The Morgan fingerprint density at radius 2 is 1.95 bits per heavy atom. The smallest absolute Gasteiger partial charge is 0.143 e. The fourth-order valence-corrected chi connectivity index (χ4v) is 3.04. The molecule has 0 aliphatic heterocycles. The largest absolute Gasteiger partial charge is 0.398 e. The number of nitrogens with two attached hydrogens (primary N) is 1. The van der Waals surface area contributed by atoms with Gasteiger partial charge in [-0.15, -0.1) is 0 Å². The van der Waals surface area contributed by atoms with Gasteiger partial charge in [0.1, 0.15) is 5.82 Å². The van der Waals surface area contributed by atoms with Gasteiger partial charge in [0.25, 0.3) is 0 Å². The predicted octanol–water partition coefficient (Wildman–Crippen LogP) is 4.66. The Labute approximate surface area is 129 Å². The SMILES string of the molecule is CCCn1c(-c2c(C)cccc2N)nc2cccc(Cl)c21. The van der Waals surface area contributed by atoms with Gasteiger partial charge in [-0.2, -0.15) is 0 Å². The lowest BCUT2D eigenvalue weighted by Gasteiger charge is -2.12. The van der Waals surface area contributed by atoms with E-state index < -0.39 is 0 Å². The second kappa shape index (κ2) is 5.41. The number of nitrogens with zero attached hydrogens (tertiary/aromatic N) is 2. The third kappa shape index (κ3) is 2.28. The molecular formula is C17H18ClN3. The summed E-state index contributed by atoms with van der Waals surface area (Å²) in [5.41, 5.74) is 11.0. The first kappa shape index (κ1) is 14.0. The molecule has 0 aliphatic rings. The second-order valence-corrected chi connectivity index (χ2v) is 5.64. The van der Waals surface area contributed by atoms with Gasteiger partial charge in [-0.1, -0.05) is 36.7 Å². The lowest BCUT2D eigenvalue weighted by Crippen LogP contribution is -2.03. The van der Waals surface area contributed by atoms with E-state index in [1.54, 1.807) is 0 Å². The van der Waals surface area contributed by atoms with E-state index in [9.17, 15) is 0 Å². The average Bonchev–Trinajstić information content (AvgIpc) is 2.79. The van der Waals surface area contributed by atoms with Gasteiger partial charge in [0, 0.05) is 17.8 Å². The van der Waals surface area contributed by atoms with Gasteiger partial charge >= 0.3 is 0 Å². The number of aromatic nitrogens is 2. The van der Waals surface area contributed by atoms with Crippen molar-refractivity contribution in [2.75, 3.05) is 5.73 Å². The summed E-state index contributed by atoms with van der Waals surface area (Å²) in [6.45, 7) is 5.07. The van der Waals surface area contributed by atoms with Crippen LogP contribution in [-0.2, 0) is 6.54 Å². The number of imidazole rings is 1. The van der Waals surface area contributed by atoms with E-state index in [2.05, 4.69) is 24.5 Å². The number of benzene rings is 2. The van der Waals surface area contributed by atoms with E-state index in [0.717, 1.165) is 51.7 Å². The number of hydrogen-bond donors (Lipinski definition) is 1. The predicted molar refractivity (Wildman–Crippen MR) is 89.6 cm³/mol. The highest BCUT2D eigenvalue weighted by molar-refractivity contribution is 6.35. The van der Waals surface area contributed by atoms with Crippen LogP contribution in [0.5, 0.6) is 0 Å². The molecule has 0 saturated carbocycles. The van der Waals surface area contributed by atoms with E-state index in [-0.39, 0.29) is 0 Å². The van der Waals surface area contributed by atoms with Crippen molar-refractivity contribution < 1.29 is 0 Å². The van der Waals surface area contributed by atoms with E-state index in [1.165, 1.54) is 0 Å². The Bertz CT molecular complexity index is 785. The molecular weight excluding hydrogens is 282 g/mol. The van der Waals surface area contributed by atoms with Crippen LogP contribution < -0.4 is 5.73 Å². The Balaban J connectivity index is 2.37. The lowest BCUT2D eigenvalue weighted by atomic mass is 10.1. The zero-order valence-electron chi connectivity index (χ0n) is 12.2. The molecule has 2 N–H and O–H groups in total. The quantitative estimate of drug-likeness (QED) is 0.715. The average molecular weight is 300 g/mol. The number of para-hydroxylation sites is 1. The molecule has 1 aromatic heterocycles. The molecule has 0 fully saturated rings. The standard InChI is InChI=1S/C17H18ClN3/c1-3-10-21-16-12(18)7-5-9-14(16)20-17(21)15-11(2)6-4-8-13(15)19/h4-9H,3,10,19H2,1-2H3. The maximum absolute atomic E-state index is 6.39. The summed E-state index contributed by atoms with van der Waals surface area (Å²) >= 11 is 6.39. The van der Waals surface area contributed by atoms with Gasteiger partial charge in [0.05, 0.1) is 16.1 Å². The zero-order chi connectivity index (χ0) is 15.0. The molecule has 2 aromatic carbocycles. The monoisotopic (exact) mass is 299 g/mol. The molecule has 0 bridgehead atoms. The van der Waals surface area contributed by atoms with Crippen LogP contribution in [0.3, 0.4) is 0 Å². The highest BCUT2D eigenvalue weighted by atomic mass is 35.5. The summed E-state index contributed by atoms with van der Waals surface area (Å²) in [4.78, 5) is 4.78. The van der Waals surface area contributed by atoms with Gasteiger partial charge < -0.3 is 10.3 Å². The minimum atomic E-state index is 0.729. The highest BCUT2D eigenvalue weighted by Crippen LogP contribution is 2.34. The summed E-state index contributed by atoms with van der Waals surface area (Å²) in [7, 11) is 0. The minimum absolute atomic E-state index is 0.729. The van der Waals surface area contributed by atoms with Crippen LogP contribution in [0.4, 0.5) is 5.69 Å². The second-order valence-electron chi connectivity index (χ2n) is 5.23. The van der Waals surface area contributed by atoms with E-state index in [1.807, 2.05) is 30.3 Å². The molecule has 0 unspecified atom stereocenters. The number of rotatable bonds is 3. The molecule has 21 heavy (non-hydrogen) atoms. The molecule has 0 saturated heterocycles. The summed E-state index contributed by atoms with van der Waals surface area (Å²) < 4.78 is 2.18. The summed E-state index contributed by atoms with van der Waals surface area (Å²) in [5, 5.41) is 0.729. The summed E-state index contributed by atoms with van der Waals surface area (Å²) in [5.74, 6) is 0.899. The van der Waals surface area contributed by atoms with Gasteiger partial charge in [0.2, 0.25) is 0 Å². The molecule has 0 spiro atoms. The lowest BCUT2D eigenvalue weighted by molar-refractivity contribution is 0.704. The highest BCUT2D eigenvalue weighted by Gasteiger charge is 2.17.